The molecule has 0 aromatic heterocycles. The van der Waals surface area contributed by atoms with Crippen molar-refractivity contribution in [3.63, 3.8) is 0 Å². The zero-order valence-electron chi connectivity index (χ0n) is 6.55. The molecule has 11 heavy (non-hydrogen) atoms. The van der Waals surface area contributed by atoms with Gasteiger partial charge in [-0.05, 0) is 12.0 Å². The number of hydrogen-bond donors (Lipinski definition) is 0. The molecule has 0 saturated heterocycles. The molecule has 0 unspecified atom stereocenters. The molecule has 0 saturated carbocycles. The largest absolute Gasteiger partial charge is 0.449 e. The lowest BCUT2D eigenvalue weighted by Gasteiger charge is -1.89. The van der Waals surface area contributed by atoms with E-state index >= 15 is 0 Å². The molecule has 1 nitrogen and oxygen atoms in total. The highest BCUT2D eigenvalue weighted by molar-refractivity contribution is 5.71. The molecule has 1 aromatic rings. The Labute approximate surface area is 66.3 Å². The van der Waals surface area contributed by atoms with Crippen molar-refractivity contribution < 1.29 is 4.74 Å². The maximum atomic E-state index is 5.31. The fourth-order valence-electron chi connectivity index (χ4n) is 1.26. The first-order valence-corrected chi connectivity index (χ1v) is 3.83. The van der Waals surface area contributed by atoms with E-state index in [1.165, 1.54) is 5.56 Å². The van der Waals surface area contributed by atoms with Crippen LogP contribution in [0.25, 0.3) is 6.08 Å². The van der Waals surface area contributed by atoms with Crippen molar-refractivity contribution in [2.75, 3.05) is 0 Å². The van der Waals surface area contributed by atoms with E-state index in [-0.39, 0.29) is 0 Å². The van der Waals surface area contributed by atoms with E-state index in [4.69, 9.17) is 4.74 Å². The second kappa shape index (κ2) is 2.12. The second-order valence-corrected chi connectivity index (χ2v) is 2.63. The summed E-state index contributed by atoms with van der Waals surface area (Å²) < 4.78 is 5.31. The average molecular weight is 146 g/mol. The molecule has 1 heterocycles. The molecule has 1 aromatic carbocycles. The minimum absolute atomic E-state index is 1.03. The van der Waals surface area contributed by atoms with Gasteiger partial charge >= 0.3 is 0 Å². The highest BCUT2D eigenvalue weighted by atomic mass is 16.6. The summed E-state index contributed by atoms with van der Waals surface area (Å²) in [4.78, 5) is 0. The maximum Gasteiger partial charge on any atom is 0.177 e. The summed E-state index contributed by atoms with van der Waals surface area (Å²) in [6.45, 7) is 5.83. The molecule has 0 aliphatic carbocycles. The van der Waals surface area contributed by atoms with Crippen molar-refractivity contribution in [2.24, 2.45) is 0 Å². The molecule has 0 spiro atoms. The summed E-state index contributed by atoms with van der Waals surface area (Å²) in [6.07, 6.45) is 2.87. The van der Waals surface area contributed by atoms with Crippen LogP contribution in [-0.4, -0.2) is 0 Å². The standard InChI is InChI=1S/C10H10O/c1-3-7-5-6-8(4-2)10-9(7)11-10/h3,5-6H,1,4H2,2H3. The van der Waals surface area contributed by atoms with Crippen molar-refractivity contribution in [3.8, 4) is 11.5 Å². The highest BCUT2D eigenvalue weighted by Gasteiger charge is 2.26. The summed E-state index contributed by atoms with van der Waals surface area (Å²) in [5.41, 5.74) is 2.41. The van der Waals surface area contributed by atoms with Crippen LogP contribution in [0.1, 0.15) is 18.1 Å². The van der Waals surface area contributed by atoms with Crippen LogP contribution in [0.2, 0.25) is 0 Å². The zero-order chi connectivity index (χ0) is 7.84. The molecule has 0 bridgehead atoms. The van der Waals surface area contributed by atoms with Crippen LogP contribution in [0.4, 0.5) is 0 Å². The molecular formula is C10H10O. The number of hydrogen-bond acceptors (Lipinski definition) is 1. The van der Waals surface area contributed by atoms with Gasteiger partial charge in [0.15, 0.2) is 11.5 Å². The molecule has 0 amide bonds. The van der Waals surface area contributed by atoms with Crippen LogP contribution < -0.4 is 4.74 Å². The molecule has 1 heteroatoms. The zero-order valence-corrected chi connectivity index (χ0v) is 6.55. The quantitative estimate of drug-likeness (QED) is 0.593. The van der Waals surface area contributed by atoms with Crippen LogP contribution in [0.5, 0.6) is 11.5 Å². The molecule has 1 aliphatic rings. The lowest BCUT2D eigenvalue weighted by molar-refractivity contribution is 0.643. The van der Waals surface area contributed by atoms with E-state index in [1.807, 2.05) is 6.08 Å². The Kier molecular flexibility index (Phi) is 1.25. The SMILES string of the molecule is C=Cc1ccc(CC)c2c1O2. The van der Waals surface area contributed by atoms with Gasteiger partial charge in [-0.2, -0.15) is 0 Å². The lowest BCUT2D eigenvalue weighted by atomic mass is 10.1. The Morgan fingerprint density at radius 3 is 2.91 bits per heavy atom. The van der Waals surface area contributed by atoms with Crippen LogP contribution >= 0.6 is 0 Å². The number of fused-ring (bicyclic) bond motifs is 1. The van der Waals surface area contributed by atoms with Crippen LogP contribution in [0, 0.1) is 0 Å². The van der Waals surface area contributed by atoms with Gasteiger partial charge in [0, 0.05) is 5.56 Å². The summed E-state index contributed by atoms with van der Waals surface area (Å²) in [6, 6.07) is 4.15. The Morgan fingerprint density at radius 1 is 1.45 bits per heavy atom. The molecule has 0 atom stereocenters. The summed E-state index contributed by atoms with van der Waals surface area (Å²) in [5.74, 6) is 2.10. The molecule has 1 aliphatic heterocycles. The fraction of sp³-hybridized carbons (Fsp3) is 0.200. The Bertz CT molecular complexity index is 313. The van der Waals surface area contributed by atoms with Crippen molar-refractivity contribution in [3.05, 3.63) is 29.8 Å². The minimum atomic E-state index is 1.03. The number of rotatable bonds is 2. The first-order valence-electron chi connectivity index (χ1n) is 3.83. The normalized spacial score (nSPS) is 11.7. The third-order valence-corrected chi connectivity index (χ3v) is 1.99. The van der Waals surface area contributed by atoms with Gasteiger partial charge in [0.1, 0.15) is 0 Å². The summed E-state index contributed by atoms with van der Waals surface area (Å²) >= 11 is 0. The number of aryl methyl sites for hydroxylation is 1. The van der Waals surface area contributed by atoms with Gasteiger partial charge in [-0.1, -0.05) is 31.7 Å². The number of ether oxygens (including phenoxy) is 1. The summed E-state index contributed by atoms with van der Waals surface area (Å²) in [5, 5.41) is 0. The lowest BCUT2D eigenvalue weighted by Crippen LogP contribution is -1.72. The molecule has 2 rings (SSSR count). The summed E-state index contributed by atoms with van der Waals surface area (Å²) in [7, 11) is 0. The van der Waals surface area contributed by atoms with E-state index in [1.54, 1.807) is 0 Å². The van der Waals surface area contributed by atoms with E-state index in [0.29, 0.717) is 0 Å². The van der Waals surface area contributed by atoms with Gasteiger partial charge in [0.25, 0.3) is 0 Å². The molecule has 56 valence electrons. The van der Waals surface area contributed by atoms with Crippen molar-refractivity contribution in [2.45, 2.75) is 13.3 Å². The van der Waals surface area contributed by atoms with Crippen molar-refractivity contribution >= 4 is 6.08 Å². The van der Waals surface area contributed by atoms with Crippen LogP contribution in [0.15, 0.2) is 18.7 Å². The monoisotopic (exact) mass is 146 g/mol. The van der Waals surface area contributed by atoms with Crippen LogP contribution in [-0.2, 0) is 6.42 Å². The van der Waals surface area contributed by atoms with Gasteiger partial charge in [-0.15, -0.1) is 0 Å². The van der Waals surface area contributed by atoms with E-state index < -0.39 is 0 Å². The third-order valence-electron chi connectivity index (χ3n) is 1.99. The first kappa shape index (κ1) is 6.47. The smallest absolute Gasteiger partial charge is 0.177 e. The van der Waals surface area contributed by atoms with E-state index in [2.05, 4.69) is 25.6 Å². The van der Waals surface area contributed by atoms with Gasteiger partial charge in [0.2, 0.25) is 0 Å². The average Bonchev–Trinajstić information content (AvgIpc) is 2.81. The van der Waals surface area contributed by atoms with Gasteiger partial charge in [-0.3, -0.25) is 0 Å². The van der Waals surface area contributed by atoms with E-state index in [0.717, 1.165) is 23.5 Å². The molecule has 0 radical (unpaired) electrons. The molecule has 0 N–H and O–H groups in total. The minimum Gasteiger partial charge on any atom is -0.449 e. The maximum absolute atomic E-state index is 5.31. The fourth-order valence-corrected chi connectivity index (χ4v) is 1.26. The Morgan fingerprint density at radius 2 is 2.27 bits per heavy atom. The van der Waals surface area contributed by atoms with Gasteiger partial charge in [-0.25, -0.2) is 0 Å². The Hall–Kier alpha value is -1.24. The second-order valence-electron chi connectivity index (χ2n) is 2.63. The van der Waals surface area contributed by atoms with Crippen molar-refractivity contribution in [1.82, 2.24) is 0 Å². The van der Waals surface area contributed by atoms with Crippen molar-refractivity contribution in [1.29, 1.82) is 0 Å². The van der Waals surface area contributed by atoms with Gasteiger partial charge in [0.05, 0.1) is 0 Å². The topological polar surface area (TPSA) is 12.5 Å². The predicted octanol–water partition coefficient (Wildman–Crippen LogP) is 3.00. The van der Waals surface area contributed by atoms with Gasteiger partial charge < -0.3 is 4.74 Å². The van der Waals surface area contributed by atoms with E-state index in [9.17, 15) is 0 Å². The van der Waals surface area contributed by atoms with Crippen LogP contribution in [0.3, 0.4) is 0 Å². The first-order chi connectivity index (χ1) is 5.36. The highest BCUT2D eigenvalue weighted by Crippen LogP contribution is 2.51. The molecule has 0 fully saturated rings. The predicted molar refractivity (Wildman–Crippen MR) is 46.0 cm³/mol. The number of benzene rings is 1. The third kappa shape index (κ3) is 0.845. The Balaban J connectivity index is 2.50. The molecular weight excluding hydrogens is 136 g/mol.